The second-order valence-corrected chi connectivity index (χ2v) is 5.60. The molecule has 0 bridgehead atoms. The Balaban J connectivity index is 2.28. The normalized spacial score (nSPS) is 12.8. The maximum atomic E-state index is 11.9. The van der Waals surface area contributed by atoms with Crippen molar-refractivity contribution in [3.05, 3.63) is 30.1 Å². The Labute approximate surface area is 125 Å². The van der Waals surface area contributed by atoms with Gasteiger partial charge in [-0.15, -0.1) is 0 Å². The van der Waals surface area contributed by atoms with Crippen LogP contribution in [0.25, 0.3) is 11.0 Å². The van der Waals surface area contributed by atoms with Crippen molar-refractivity contribution in [1.82, 2.24) is 14.9 Å². The molecule has 0 spiro atoms. The lowest BCUT2D eigenvalue weighted by atomic mass is 10.2. The van der Waals surface area contributed by atoms with E-state index in [4.69, 9.17) is 10.7 Å². The second kappa shape index (κ2) is 6.72. The third-order valence-electron chi connectivity index (χ3n) is 3.51. The van der Waals surface area contributed by atoms with Crippen LogP contribution in [0.1, 0.15) is 51.5 Å². The molecule has 1 heterocycles. The van der Waals surface area contributed by atoms with E-state index in [-0.39, 0.29) is 18.0 Å². The van der Waals surface area contributed by atoms with Gasteiger partial charge < -0.3 is 15.6 Å². The number of carbonyl (C=O) groups is 1. The number of imidazole rings is 1. The van der Waals surface area contributed by atoms with Gasteiger partial charge in [-0.25, -0.2) is 4.98 Å². The van der Waals surface area contributed by atoms with Crippen molar-refractivity contribution >= 4 is 16.9 Å². The number of nitrogens with zero attached hydrogens (tertiary/aromatic N) is 2. The number of para-hydroxylation sites is 2. The minimum atomic E-state index is -0.120. The zero-order valence-electron chi connectivity index (χ0n) is 13.0. The highest BCUT2D eigenvalue weighted by Gasteiger charge is 2.19. The summed E-state index contributed by atoms with van der Waals surface area (Å²) in [5.74, 6) is 0.919. The van der Waals surface area contributed by atoms with E-state index in [1.165, 1.54) is 0 Å². The zero-order chi connectivity index (χ0) is 15.4. The van der Waals surface area contributed by atoms with Crippen molar-refractivity contribution in [3.63, 3.8) is 0 Å². The van der Waals surface area contributed by atoms with Gasteiger partial charge in [0.05, 0.1) is 17.1 Å². The molecular weight excluding hydrogens is 264 g/mol. The summed E-state index contributed by atoms with van der Waals surface area (Å²) < 4.78 is 2.18. The average Bonchev–Trinajstić information content (AvgIpc) is 2.84. The van der Waals surface area contributed by atoms with Crippen molar-refractivity contribution in [2.75, 3.05) is 6.54 Å². The van der Waals surface area contributed by atoms with Gasteiger partial charge in [0.25, 0.3) is 0 Å². The molecule has 1 aromatic heterocycles. The molecule has 5 heteroatoms. The summed E-state index contributed by atoms with van der Waals surface area (Å²) in [6, 6.07) is 8.22. The largest absolute Gasteiger partial charge is 0.346 e. The van der Waals surface area contributed by atoms with E-state index in [1.807, 2.05) is 25.1 Å². The highest BCUT2D eigenvalue weighted by atomic mass is 16.1. The van der Waals surface area contributed by atoms with E-state index in [2.05, 4.69) is 29.8 Å². The Morgan fingerprint density at radius 3 is 2.71 bits per heavy atom. The van der Waals surface area contributed by atoms with Crippen LogP contribution in [0.3, 0.4) is 0 Å². The molecule has 0 aliphatic rings. The third-order valence-corrected chi connectivity index (χ3v) is 3.51. The van der Waals surface area contributed by atoms with Crippen LogP contribution in [0.5, 0.6) is 0 Å². The first-order chi connectivity index (χ1) is 10.0. The van der Waals surface area contributed by atoms with Crippen molar-refractivity contribution in [2.24, 2.45) is 5.73 Å². The maximum absolute atomic E-state index is 11.9. The summed E-state index contributed by atoms with van der Waals surface area (Å²) in [6.07, 6.45) is 1.17. The molecule has 1 amide bonds. The molecule has 114 valence electrons. The van der Waals surface area contributed by atoms with Crippen LogP contribution in [0.15, 0.2) is 24.3 Å². The lowest BCUT2D eigenvalue weighted by Crippen LogP contribution is -2.29. The number of hydrogen-bond acceptors (Lipinski definition) is 3. The monoisotopic (exact) mass is 288 g/mol. The number of benzene rings is 1. The lowest BCUT2D eigenvalue weighted by molar-refractivity contribution is -0.121. The van der Waals surface area contributed by atoms with Gasteiger partial charge in [0.1, 0.15) is 5.82 Å². The van der Waals surface area contributed by atoms with Gasteiger partial charge in [0.2, 0.25) is 5.91 Å². The number of amides is 1. The fourth-order valence-electron chi connectivity index (χ4n) is 2.55. The number of nitrogens with one attached hydrogen (secondary N) is 1. The molecule has 2 rings (SSSR count). The van der Waals surface area contributed by atoms with Crippen LogP contribution in [-0.2, 0) is 4.79 Å². The molecular formula is C16H24N4O. The summed E-state index contributed by atoms with van der Waals surface area (Å²) in [7, 11) is 0. The van der Waals surface area contributed by atoms with Crippen LogP contribution in [-0.4, -0.2) is 22.0 Å². The second-order valence-electron chi connectivity index (χ2n) is 5.60. The topological polar surface area (TPSA) is 72.9 Å². The van der Waals surface area contributed by atoms with Crippen molar-refractivity contribution in [1.29, 1.82) is 0 Å². The standard InChI is InChI=1S/C16H24N4O/c1-11(2)20-14-8-5-4-7-13(14)19-16(20)12(3)18-15(21)9-6-10-17/h4-5,7-8,11-12H,6,9-10,17H2,1-3H3,(H,18,21). The first-order valence-electron chi connectivity index (χ1n) is 7.51. The van der Waals surface area contributed by atoms with Gasteiger partial charge in [0, 0.05) is 12.5 Å². The number of hydrogen-bond donors (Lipinski definition) is 2. The Kier molecular flexibility index (Phi) is 4.96. The summed E-state index contributed by atoms with van der Waals surface area (Å²) >= 11 is 0. The van der Waals surface area contributed by atoms with Crippen LogP contribution in [0.2, 0.25) is 0 Å². The zero-order valence-corrected chi connectivity index (χ0v) is 13.0. The highest BCUT2D eigenvalue weighted by molar-refractivity contribution is 5.78. The molecule has 2 aromatic rings. The fraction of sp³-hybridized carbons (Fsp3) is 0.500. The van der Waals surface area contributed by atoms with E-state index in [0.717, 1.165) is 16.9 Å². The van der Waals surface area contributed by atoms with Crippen molar-refractivity contribution in [2.45, 2.75) is 45.7 Å². The number of fused-ring (bicyclic) bond motifs is 1. The van der Waals surface area contributed by atoms with Gasteiger partial charge >= 0.3 is 0 Å². The molecule has 21 heavy (non-hydrogen) atoms. The fourth-order valence-corrected chi connectivity index (χ4v) is 2.55. The van der Waals surface area contributed by atoms with E-state index in [1.54, 1.807) is 0 Å². The Morgan fingerprint density at radius 2 is 2.05 bits per heavy atom. The Morgan fingerprint density at radius 1 is 1.33 bits per heavy atom. The Hall–Kier alpha value is -1.88. The van der Waals surface area contributed by atoms with Crippen molar-refractivity contribution < 1.29 is 4.79 Å². The molecule has 5 nitrogen and oxygen atoms in total. The molecule has 3 N–H and O–H groups in total. The molecule has 0 saturated carbocycles. The van der Waals surface area contributed by atoms with E-state index >= 15 is 0 Å². The molecule has 1 atom stereocenters. The quantitative estimate of drug-likeness (QED) is 0.858. The Bertz CT molecular complexity index is 618. The third kappa shape index (κ3) is 3.42. The predicted molar refractivity (Wildman–Crippen MR) is 85.0 cm³/mol. The van der Waals surface area contributed by atoms with Crippen molar-refractivity contribution in [3.8, 4) is 0 Å². The van der Waals surface area contributed by atoms with Gasteiger partial charge in [-0.2, -0.15) is 0 Å². The number of aromatic nitrogens is 2. The molecule has 0 aliphatic carbocycles. The molecule has 0 saturated heterocycles. The number of rotatable bonds is 6. The van der Waals surface area contributed by atoms with E-state index in [9.17, 15) is 4.79 Å². The smallest absolute Gasteiger partial charge is 0.220 e. The van der Waals surface area contributed by atoms with Crippen LogP contribution < -0.4 is 11.1 Å². The van der Waals surface area contributed by atoms with E-state index < -0.39 is 0 Å². The first kappa shape index (κ1) is 15.5. The summed E-state index contributed by atoms with van der Waals surface area (Å²) in [5, 5.41) is 3.01. The lowest BCUT2D eigenvalue weighted by Gasteiger charge is -2.18. The minimum Gasteiger partial charge on any atom is -0.346 e. The van der Waals surface area contributed by atoms with Crippen LogP contribution in [0.4, 0.5) is 0 Å². The van der Waals surface area contributed by atoms with Gasteiger partial charge in [-0.3, -0.25) is 4.79 Å². The molecule has 1 aromatic carbocycles. The van der Waals surface area contributed by atoms with Gasteiger partial charge in [-0.05, 0) is 45.9 Å². The number of carbonyl (C=O) groups excluding carboxylic acids is 1. The molecule has 0 aliphatic heterocycles. The van der Waals surface area contributed by atoms with Gasteiger partial charge in [-0.1, -0.05) is 12.1 Å². The first-order valence-corrected chi connectivity index (χ1v) is 7.51. The SMILES string of the molecule is CC(NC(=O)CCCN)c1nc2ccccc2n1C(C)C. The highest BCUT2D eigenvalue weighted by Crippen LogP contribution is 2.24. The van der Waals surface area contributed by atoms with E-state index in [0.29, 0.717) is 19.4 Å². The predicted octanol–water partition coefficient (Wildman–Crippen LogP) is 2.53. The molecule has 0 radical (unpaired) electrons. The van der Waals surface area contributed by atoms with Crippen LogP contribution in [0, 0.1) is 0 Å². The van der Waals surface area contributed by atoms with Crippen LogP contribution >= 0.6 is 0 Å². The minimum absolute atomic E-state index is 0.0234. The molecule has 1 unspecified atom stereocenters. The molecule has 0 fully saturated rings. The summed E-state index contributed by atoms with van der Waals surface area (Å²) in [5.41, 5.74) is 7.50. The number of nitrogens with two attached hydrogens (primary N) is 1. The summed E-state index contributed by atoms with van der Waals surface area (Å²) in [6.45, 7) is 6.76. The summed E-state index contributed by atoms with van der Waals surface area (Å²) in [4.78, 5) is 16.6. The maximum Gasteiger partial charge on any atom is 0.220 e. The average molecular weight is 288 g/mol. The van der Waals surface area contributed by atoms with Gasteiger partial charge in [0.15, 0.2) is 0 Å².